The first-order valence-electron chi connectivity index (χ1n) is 7.24. The Balaban J connectivity index is 2.30. The zero-order valence-corrected chi connectivity index (χ0v) is 13.3. The second kappa shape index (κ2) is 8.87. The lowest BCUT2D eigenvalue weighted by Crippen LogP contribution is -2.18. The van der Waals surface area contributed by atoms with Crippen molar-refractivity contribution in [2.45, 2.75) is 27.2 Å². The van der Waals surface area contributed by atoms with Crippen molar-refractivity contribution in [1.82, 2.24) is 0 Å². The average molecular weight is 305 g/mol. The quantitative estimate of drug-likeness (QED) is 0.475. The van der Waals surface area contributed by atoms with Crippen molar-refractivity contribution in [3.63, 3.8) is 0 Å². The normalized spacial score (nSPS) is 10.2. The van der Waals surface area contributed by atoms with Crippen molar-refractivity contribution >= 4 is 17.7 Å². The number of carbonyl (C=O) groups is 2. The summed E-state index contributed by atoms with van der Waals surface area (Å²) in [5.41, 5.74) is 2.20. The predicted octanol–water partition coefficient (Wildman–Crippen LogP) is 3.55. The minimum atomic E-state index is -0.581. The molecule has 0 aliphatic carbocycles. The van der Waals surface area contributed by atoms with E-state index in [1.807, 2.05) is 24.3 Å². The lowest BCUT2D eigenvalue weighted by atomic mass is 10.0. The van der Waals surface area contributed by atoms with Gasteiger partial charge in [0.05, 0.1) is 0 Å². The highest BCUT2D eigenvalue weighted by Gasteiger charge is 2.06. The second-order valence-corrected chi connectivity index (χ2v) is 5.47. The molecule has 1 amide bonds. The molecule has 0 aromatic heterocycles. The first-order chi connectivity index (χ1) is 10.4. The van der Waals surface area contributed by atoms with Crippen LogP contribution in [0.25, 0.3) is 0 Å². The molecule has 0 fully saturated rings. The monoisotopic (exact) mass is 305 g/mol. The van der Waals surface area contributed by atoms with Crippen molar-refractivity contribution in [3.05, 3.63) is 42.0 Å². The molecule has 5 nitrogen and oxygen atoms in total. The minimum absolute atomic E-state index is 0.00368. The van der Waals surface area contributed by atoms with Crippen LogP contribution in [0.4, 0.5) is 10.5 Å². The fourth-order valence-corrected chi connectivity index (χ4v) is 1.74. The first kappa shape index (κ1) is 17.8. The third-order valence-electron chi connectivity index (χ3n) is 2.74. The van der Waals surface area contributed by atoms with E-state index in [0.29, 0.717) is 17.2 Å². The van der Waals surface area contributed by atoms with E-state index in [2.05, 4.69) is 25.7 Å². The maximum Gasteiger partial charge on any atom is 0.411 e. The van der Waals surface area contributed by atoms with Gasteiger partial charge >= 0.3 is 12.1 Å². The summed E-state index contributed by atoms with van der Waals surface area (Å²) in [7, 11) is 0. The maximum absolute atomic E-state index is 11.6. The summed E-state index contributed by atoms with van der Waals surface area (Å²) in [6.45, 7) is 9.33. The van der Waals surface area contributed by atoms with Crippen LogP contribution < -0.4 is 5.32 Å². The summed E-state index contributed by atoms with van der Waals surface area (Å²) in [6, 6.07) is 7.62. The molecule has 5 heteroatoms. The van der Waals surface area contributed by atoms with E-state index in [1.165, 1.54) is 5.56 Å². The van der Waals surface area contributed by atoms with E-state index in [-0.39, 0.29) is 13.2 Å². The summed E-state index contributed by atoms with van der Waals surface area (Å²) >= 11 is 0. The van der Waals surface area contributed by atoms with Crippen LogP contribution in [0.2, 0.25) is 0 Å². The number of esters is 1. The molecule has 1 aromatic rings. The van der Waals surface area contributed by atoms with Gasteiger partial charge in [-0.15, -0.1) is 0 Å². The zero-order valence-electron chi connectivity index (χ0n) is 13.3. The van der Waals surface area contributed by atoms with Crippen molar-refractivity contribution in [1.29, 1.82) is 0 Å². The molecule has 0 atom stereocenters. The van der Waals surface area contributed by atoms with E-state index in [4.69, 9.17) is 9.47 Å². The molecule has 0 aliphatic rings. The van der Waals surface area contributed by atoms with Gasteiger partial charge in [0.2, 0.25) is 0 Å². The molecule has 120 valence electrons. The summed E-state index contributed by atoms with van der Waals surface area (Å²) < 4.78 is 9.73. The number of anilines is 1. The number of nitrogens with one attached hydrogen (secondary N) is 1. The zero-order chi connectivity index (χ0) is 16.5. The molecule has 0 saturated carbocycles. The van der Waals surface area contributed by atoms with E-state index < -0.39 is 12.1 Å². The lowest BCUT2D eigenvalue weighted by molar-refractivity contribution is -0.139. The molecule has 1 rings (SSSR count). The van der Waals surface area contributed by atoms with E-state index in [9.17, 15) is 9.59 Å². The fraction of sp³-hybridized carbons (Fsp3) is 0.412. The Hall–Kier alpha value is -2.30. The molecule has 0 spiro atoms. The predicted molar refractivity (Wildman–Crippen MR) is 85.7 cm³/mol. The molecule has 0 saturated heterocycles. The van der Waals surface area contributed by atoms with Gasteiger partial charge in [0.25, 0.3) is 0 Å². The maximum atomic E-state index is 11.6. The highest BCUT2D eigenvalue weighted by molar-refractivity contribution is 5.87. The van der Waals surface area contributed by atoms with Crippen LogP contribution in [0, 0.1) is 5.92 Å². The largest absolute Gasteiger partial charge is 0.459 e. The Bertz CT molecular complexity index is 520. The minimum Gasteiger partial charge on any atom is -0.459 e. The third-order valence-corrected chi connectivity index (χ3v) is 2.74. The number of ether oxygens (including phenoxy) is 2. The van der Waals surface area contributed by atoms with Crippen LogP contribution in [0.1, 0.15) is 26.3 Å². The van der Waals surface area contributed by atoms with Crippen molar-refractivity contribution in [2.75, 3.05) is 18.5 Å². The Labute approximate surface area is 131 Å². The van der Waals surface area contributed by atoms with Crippen LogP contribution in [0.5, 0.6) is 0 Å². The van der Waals surface area contributed by atoms with Crippen molar-refractivity contribution in [3.8, 4) is 0 Å². The van der Waals surface area contributed by atoms with Crippen LogP contribution in [-0.4, -0.2) is 25.3 Å². The molecular formula is C17H23NO4. The van der Waals surface area contributed by atoms with Gasteiger partial charge in [-0.3, -0.25) is 5.32 Å². The molecule has 0 bridgehead atoms. The number of benzene rings is 1. The van der Waals surface area contributed by atoms with Gasteiger partial charge in [0.15, 0.2) is 0 Å². The van der Waals surface area contributed by atoms with Gasteiger partial charge < -0.3 is 9.47 Å². The molecule has 0 radical (unpaired) electrons. The van der Waals surface area contributed by atoms with Crippen LogP contribution in [-0.2, 0) is 20.7 Å². The number of amides is 1. The van der Waals surface area contributed by atoms with E-state index >= 15 is 0 Å². The Morgan fingerprint density at radius 1 is 1.14 bits per heavy atom. The summed E-state index contributed by atoms with van der Waals surface area (Å²) in [4.78, 5) is 22.7. The smallest absolute Gasteiger partial charge is 0.411 e. The number of rotatable bonds is 7. The average Bonchev–Trinajstić information content (AvgIpc) is 2.44. The van der Waals surface area contributed by atoms with Gasteiger partial charge in [-0.05, 0) is 37.0 Å². The summed E-state index contributed by atoms with van der Waals surface area (Å²) in [5, 5.41) is 2.61. The highest BCUT2D eigenvalue weighted by Crippen LogP contribution is 2.13. The molecule has 0 heterocycles. The lowest BCUT2D eigenvalue weighted by Gasteiger charge is -2.09. The van der Waals surface area contributed by atoms with Crippen LogP contribution in [0.3, 0.4) is 0 Å². The Morgan fingerprint density at radius 3 is 2.27 bits per heavy atom. The number of carbonyl (C=O) groups excluding carboxylic acids is 2. The van der Waals surface area contributed by atoms with Gasteiger partial charge in [-0.1, -0.05) is 32.6 Å². The van der Waals surface area contributed by atoms with E-state index in [1.54, 1.807) is 6.92 Å². The summed E-state index contributed by atoms with van der Waals surface area (Å²) in [6.07, 6.45) is 0.418. The van der Waals surface area contributed by atoms with Crippen LogP contribution >= 0.6 is 0 Å². The Morgan fingerprint density at radius 2 is 1.73 bits per heavy atom. The van der Waals surface area contributed by atoms with Crippen LogP contribution in [0.15, 0.2) is 36.4 Å². The molecule has 1 N–H and O–H groups in total. The molecular weight excluding hydrogens is 282 g/mol. The number of hydrogen-bond acceptors (Lipinski definition) is 4. The Kier molecular flexibility index (Phi) is 7.16. The highest BCUT2D eigenvalue weighted by atomic mass is 16.6. The third kappa shape index (κ3) is 6.92. The van der Waals surface area contributed by atoms with Crippen molar-refractivity contribution < 1.29 is 19.1 Å². The molecule has 0 aliphatic heterocycles. The summed E-state index contributed by atoms with van der Waals surface area (Å²) in [5.74, 6) is 0.0930. The molecule has 1 aromatic carbocycles. The van der Waals surface area contributed by atoms with Gasteiger partial charge in [-0.25, -0.2) is 9.59 Å². The fourth-order valence-electron chi connectivity index (χ4n) is 1.74. The van der Waals surface area contributed by atoms with Gasteiger partial charge in [-0.2, -0.15) is 0 Å². The molecule has 22 heavy (non-hydrogen) atoms. The standard InChI is InChI=1S/C17H23NO4/c1-12(2)11-14-5-7-15(8-6-14)18-17(20)22-10-9-21-16(19)13(3)4/h5-8,12H,3,9-11H2,1-2,4H3,(H,18,20). The molecule has 0 unspecified atom stereocenters. The van der Waals surface area contributed by atoms with Gasteiger partial charge in [0, 0.05) is 11.3 Å². The van der Waals surface area contributed by atoms with E-state index in [0.717, 1.165) is 6.42 Å². The SMILES string of the molecule is C=C(C)C(=O)OCCOC(=O)Nc1ccc(CC(C)C)cc1. The van der Waals surface area contributed by atoms with Crippen molar-refractivity contribution in [2.24, 2.45) is 5.92 Å². The first-order valence-corrected chi connectivity index (χ1v) is 7.24. The topological polar surface area (TPSA) is 64.6 Å². The number of hydrogen-bond donors (Lipinski definition) is 1. The van der Waals surface area contributed by atoms with Gasteiger partial charge in [0.1, 0.15) is 13.2 Å². The second-order valence-electron chi connectivity index (χ2n) is 5.47.